The molecule has 5 heteroatoms. The Morgan fingerprint density at radius 1 is 1.37 bits per heavy atom. The van der Waals surface area contributed by atoms with Crippen LogP contribution in [0.15, 0.2) is 18.2 Å². The Labute approximate surface area is 119 Å². The molecule has 1 amide bonds. The van der Waals surface area contributed by atoms with Gasteiger partial charge in [-0.25, -0.2) is 0 Å². The van der Waals surface area contributed by atoms with Gasteiger partial charge in [0, 0.05) is 11.6 Å². The van der Waals surface area contributed by atoms with Gasteiger partial charge in [-0.05, 0) is 44.6 Å². The number of carbonyl (C=O) groups is 1. The van der Waals surface area contributed by atoms with Crippen LogP contribution < -0.4 is 15.4 Å². The van der Waals surface area contributed by atoms with Crippen LogP contribution in [0.2, 0.25) is 5.02 Å². The van der Waals surface area contributed by atoms with Crippen molar-refractivity contribution in [2.75, 3.05) is 26.7 Å². The lowest BCUT2D eigenvalue weighted by atomic mass is 10.2. The normalized spacial score (nSPS) is 10.3. The molecule has 1 rings (SSSR count). The van der Waals surface area contributed by atoms with E-state index in [9.17, 15) is 4.79 Å². The van der Waals surface area contributed by atoms with E-state index in [0.717, 1.165) is 19.4 Å². The summed E-state index contributed by atoms with van der Waals surface area (Å²) in [6.07, 6.45) is 1.78. The van der Waals surface area contributed by atoms with E-state index in [1.54, 1.807) is 18.2 Å². The highest BCUT2D eigenvalue weighted by atomic mass is 35.5. The van der Waals surface area contributed by atoms with Crippen LogP contribution in [0.25, 0.3) is 0 Å². The van der Waals surface area contributed by atoms with Gasteiger partial charge in [0.1, 0.15) is 5.75 Å². The molecule has 0 saturated carbocycles. The van der Waals surface area contributed by atoms with Gasteiger partial charge in [0.25, 0.3) is 5.91 Å². The van der Waals surface area contributed by atoms with Crippen LogP contribution in [0.3, 0.4) is 0 Å². The van der Waals surface area contributed by atoms with Crippen molar-refractivity contribution in [3.8, 4) is 5.75 Å². The second-order valence-corrected chi connectivity index (χ2v) is 4.64. The molecular formula is C14H21ClN2O2. The standard InChI is InChI=1S/C14H21ClN2O2/c1-3-9-19-13-6-5-11(15)10-12(13)14(18)17-8-4-7-16-2/h5-6,10,16H,3-4,7-9H2,1-2H3,(H,17,18). The van der Waals surface area contributed by atoms with Crippen molar-refractivity contribution in [1.29, 1.82) is 0 Å². The highest BCUT2D eigenvalue weighted by Crippen LogP contribution is 2.23. The third-order valence-electron chi connectivity index (χ3n) is 2.54. The van der Waals surface area contributed by atoms with E-state index in [-0.39, 0.29) is 5.91 Å². The summed E-state index contributed by atoms with van der Waals surface area (Å²) in [4.78, 5) is 12.1. The molecule has 1 aromatic rings. The van der Waals surface area contributed by atoms with Crippen molar-refractivity contribution in [2.24, 2.45) is 0 Å². The van der Waals surface area contributed by atoms with Gasteiger partial charge >= 0.3 is 0 Å². The maximum atomic E-state index is 12.1. The first-order valence-electron chi connectivity index (χ1n) is 6.54. The Bertz CT molecular complexity index is 410. The summed E-state index contributed by atoms with van der Waals surface area (Å²) in [6, 6.07) is 5.10. The number of amides is 1. The predicted octanol–water partition coefficient (Wildman–Crippen LogP) is 2.47. The molecule has 0 atom stereocenters. The van der Waals surface area contributed by atoms with Gasteiger partial charge in [-0.2, -0.15) is 0 Å². The SMILES string of the molecule is CCCOc1ccc(Cl)cc1C(=O)NCCCNC. The number of ether oxygens (including phenoxy) is 1. The molecule has 2 N–H and O–H groups in total. The fourth-order valence-electron chi connectivity index (χ4n) is 1.58. The highest BCUT2D eigenvalue weighted by molar-refractivity contribution is 6.31. The van der Waals surface area contributed by atoms with Crippen LogP contribution in [0.1, 0.15) is 30.1 Å². The maximum absolute atomic E-state index is 12.1. The molecule has 0 aliphatic carbocycles. The van der Waals surface area contributed by atoms with Crippen molar-refractivity contribution >= 4 is 17.5 Å². The zero-order valence-corrected chi connectivity index (χ0v) is 12.2. The lowest BCUT2D eigenvalue weighted by molar-refractivity contribution is 0.0949. The third kappa shape index (κ3) is 5.49. The molecule has 0 radical (unpaired) electrons. The zero-order chi connectivity index (χ0) is 14.1. The topological polar surface area (TPSA) is 50.4 Å². The van der Waals surface area contributed by atoms with E-state index in [1.165, 1.54) is 0 Å². The van der Waals surface area contributed by atoms with Crippen molar-refractivity contribution in [1.82, 2.24) is 10.6 Å². The second kappa shape index (κ2) is 8.77. The van der Waals surface area contributed by atoms with Gasteiger partial charge in [0.2, 0.25) is 0 Å². The zero-order valence-electron chi connectivity index (χ0n) is 11.5. The molecule has 0 aliphatic heterocycles. The summed E-state index contributed by atoms with van der Waals surface area (Å²) in [5.41, 5.74) is 0.491. The Hall–Kier alpha value is -1.26. The number of nitrogens with one attached hydrogen (secondary N) is 2. The molecule has 106 valence electrons. The van der Waals surface area contributed by atoms with Crippen LogP contribution in [0, 0.1) is 0 Å². The molecule has 1 aromatic carbocycles. The number of hydrogen-bond donors (Lipinski definition) is 2. The van der Waals surface area contributed by atoms with Crippen molar-refractivity contribution in [3.63, 3.8) is 0 Å². The monoisotopic (exact) mass is 284 g/mol. The van der Waals surface area contributed by atoms with E-state index in [2.05, 4.69) is 10.6 Å². The average molecular weight is 285 g/mol. The summed E-state index contributed by atoms with van der Waals surface area (Å²) >= 11 is 5.93. The first kappa shape index (κ1) is 15.8. The van der Waals surface area contributed by atoms with Crippen molar-refractivity contribution in [3.05, 3.63) is 28.8 Å². The molecule has 0 aliphatic rings. The quantitative estimate of drug-likeness (QED) is 0.721. The first-order valence-corrected chi connectivity index (χ1v) is 6.92. The molecule has 4 nitrogen and oxygen atoms in total. The molecule has 0 heterocycles. The molecule has 0 spiro atoms. The largest absolute Gasteiger partial charge is 0.493 e. The lowest BCUT2D eigenvalue weighted by Gasteiger charge is -2.11. The minimum absolute atomic E-state index is 0.148. The Morgan fingerprint density at radius 3 is 2.84 bits per heavy atom. The van der Waals surface area contributed by atoms with Crippen LogP contribution in [-0.2, 0) is 0 Å². The Balaban J connectivity index is 2.67. The fourth-order valence-corrected chi connectivity index (χ4v) is 1.75. The van der Waals surface area contributed by atoms with Crippen LogP contribution in [-0.4, -0.2) is 32.7 Å². The second-order valence-electron chi connectivity index (χ2n) is 4.20. The molecule has 0 saturated heterocycles. The summed E-state index contributed by atoms with van der Waals surface area (Å²) in [7, 11) is 1.88. The summed E-state index contributed by atoms with van der Waals surface area (Å²) < 4.78 is 5.56. The van der Waals surface area contributed by atoms with Gasteiger partial charge in [0.05, 0.1) is 12.2 Å². The molecule has 0 fully saturated rings. The smallest absolute Gasteiger partial charge is 0.255 e. The number of halogens is 1. The number of rotatable bonds is 8. The van der Waals surface area contributed by atoms with Gasteiger partial charge in [0.15, 0.2) is 0 Å². The molecular weight excluding hydrogens is 264 g/mol. The Kier molecular flexibility index (Phi) is 7.30. The molecule has 0 bridgehead atoms. The minimum Gasteiger partial charge on any atom is -0.493 e. The fraction of sp³-hybridized carbons (Fsp3) is 0.500. The summed E-state index contributed by atoms with van der Waals surface area (Å²) in [6.45, 7) is 4.10. The molecule has 0 aromatic heterocycles. The highest BCUT2D eigenvalue weighted by Gasteiger charge is 2.12. The van der Waals surface area contributed by atoms with E-state index >= 15 is 0 Å². The summed E-state index contributed by atoms with van der Waals surface area (Å²) in [5, 5.41) is 6.42. The summed E-state index contributed by atoms with van der Waals surface area (Å²) in [5.74, 6) is 0.432. The van der Waals surface area contributed by atoms with E-state index < -0.39 is 0 Å². The van der Waals surface area contributed by atoms with Gasteiger partial charge in [-0.1, -0.05) is 18.5 Å². The third-order valence-corrected chi connectivity index (χ3v) is 2.77. The number of benzene rings is 1. The van der Waals surface area contributed by atoms with Crippen LogP contribution in [0.5, 0.6) is 5.75 Å². The van der Waals surface area contributed by atoms with Gasteiger partial charge < -0.3 is 15.4 Å². The molecule has 0 unspecified atom stereocenters. The maximum Gasteiger partial charge on any atom is 0.255 e. The number of hydrogen-bond acceptors (Lipinski definition) is 3. The Morgan fingerprint density at radius 2 is 2.16 bits per heavy atom. The molecule has 19 heavy (non-hydrogen) atoms. The van der Waals surface area contributed by atoms with E-state index in [1.807, 2.05) is 14.0 Å². The van der Waals surface area contributed by atoms with E-state index in [0.29, 0.717) is 29.5 Å². The van der Waals surface area contributed by atoms with Crippen LogP contribution >= 0.6 is 11.6 Å². The average Bonchev–Trinajstić information content (AvgIpc) is 2.42. The van der Waals surface area contributed by atoms with Gasteiger partial charge in [-0.15, -0.1) is 0 Å². The van der Waals surface area contributed by atoms with Crippen LogP contribution in [0.4, 0.5) is 0 Å². The predicted molar refractivity (Wildman–Crippen MR) is 78.1 cm³/mol. The van der Waals surface area contributed by atoms with Crippen molar-refractivity contribution in [2.45, 2.75) is 19.8 Å². The minimum atomic E-state index is -0.148. The van der Waals surface area contributed by atoms with Crippen molar-refractivity contribution < 1.29 is 9.53 Å². The lowest BCUT2D eigenvalue weighted by Crippen LogP contribution is -2.27. The number of carbonyl (C=O) groups excluding carboxylic acids is 1. The van der Waals surface area contributed by atoms with Gasteiger partial charge in [-0.3, -0.25) is 4.79 Å². The van der Waals surface area contributed by atoms with E-state index in [4.69, 9.17) is 16.3 Å². The first-order chi connectivity index (χ1) is 9.19.